The molecule has 2 aromatic rings. The zero-order valence-electron chi connectivity index (χ0n) is 11.9. The van der Waals surface area contributed by atoms with Crippen LogP contribution < -0.4 is 5.32 Å². The molecule has 0 radical (unpaired) electrons. The van der Waals surface area contributed by atoms with Gasteiger partial charge in [-0.15, -0.1) is 0 Å². The highest BCUT2D eigenvalue weighted by Gasteiger charge is 2.17. The number of benzene rings is 1. The maximum atomic E-state index is 11.9. The zero-order valence-corrected chi connectivity index (χ0v) is 11.9. The van der Waals surface area contributed by atoms with Crippen LogP contribution in [0.15, 0.2) is 30.3 Å². The van der Waals surface area contributed by atoms with Gasteiger partial charge in [0.1, 0.15) is 11.4 Å². The Morgan fingerprint density at radius 1 is 1.19 bits per heavy atom. The van der Waals surface area contributed by atoms with Crippen molar-refractivity contribution in [1.29, 1.82) is 0 Å². The summed E-state index contributed by atoms with van der Waals surface area (Å²) in [6.07, 6.45) is 2.24. The van der Waals surface area contributed by atoms with Gasteiger partial charge in [-0.25, -0.2) is 0 Å². The van der Waals surface area contributed by atoms with Gasteiger partial charge >= 0.3 is 0 Å². The number of aromatic amines is 1. The minimum atomic E-state index is 0.164. The number of aromatic nitrogens is 3. The molecule has 3 rings (SSSR count). The molecule has 6 nitrogen and oxygen atoms in total. The molecule has 0 aliphatic carbocycles. The number of nitrogens with zero attached hydrogens (tertiary/aromatic N) is 3. The normalized spacial score (nSPS) is 14.6. The summed E-state index contributed by atoms with van der Waals surface area (Å²) in [5, 5.41) is 14.2. The Balaban J connectivity index is 1.56. The van der Waals surface area contributed by atoms with Crippen LogP contribution >= 0.6 is 0 Å². The molecule has 0 unspecified atom stereocenters. The van der Waals surface area contributed by atoms with E-state index in [2.05, 4.69) is 20.7 Å². The smallest absolute Gasteiger partial charge is 0.236 e. The Morgan fingerprint density at radius 3 is 2.71 bits per heavy atom. The van der Waals surface area contributed by atoms with Crippen molar-refractivity contribution in [2.24, 2.45) is 0 Å². The van der Waals surface area contributed by atoms with Crippen LogP contribution in [-0.4, -0.2) is 45.9 Å². The van der Waals surface area contributed by atoms with Gasteiger partial charge in [0.2, 0.25) is 5.91 Å². The van der Waals surface area contributed by atoms with Crippen molar-refractivity contribution in [3.05, 3.63) is 36.0 Å². The third-order valence-electron chi connectivity index (χ3n) is 3.69. The van der Waals surface area contributed by atoms with Crippen LogP contribution in [0.5, 0.6) is 0 Å². The number of rotatable bonds is 5. The molecular weight excluding hydrogens is 266 g/mol. The molecule has 2 heterocycles. The van der Waals surface area contributed by atoms with Crippen LogP contribution in [-0.2, 0) is 11.3 Å². The maximum Gasteiger partial charge on any atom is 0.236 e. The predicted octanol–water partition coefficient (Wildman–Crippen LogP) is 1.18. The van der Waals surface area contributed by atoms with Gasteiger partial charge in [0, 0.05) is 25.2 Å². The standard InChI is InChI=1S/C15H19N5O/c21-14(20-8-4-5-9-20)11-16-10-13-15(18-19-17-13)12-6-2-1-3-7-12/h1-3,6-7,16H,4-5,8-11H2,(H,17,18,19). The minimum absolute atomic E-state index is 0.164. The molecule has 0 bridgehead atoms. The summed E-state index contributed by atoms with van der Waals surface area (Å²) >= 11 is 0. The number of hydrogen-bond acceptors (Lipinski definition) is 4. The number of amides is 1. The first-order chi connectivity index (χ1) is 10.3. The molecular formula is C15H19N5O. The Hall–Kier alpha value is -2.21. The van der Waals surface area contributed by atoms with Gasteiger partial charge in [-0.2, -0.15) is 15.4 Å². The minimum Gasteiger partial charge on any atom is -0.342 e. The highest BCUT2D eigenvalue weighted by atomic mass is 16.2. The van der Waals surface area contributed by atoms with E-state index in [0.717, 1.165) is 42.9 Å². The quantitative estimate of drug-likeness (QED) is 0.865. The number of likely N-dealkylation sites (tertiary alicyclic amines) is 1. The average Bonchev–Trinajstić information content (AvgIpc) is 3.20. The van der Waals surface area contributed by atoms with E-state index in [1.165, 1.54) is 0 Å². The van der Waals surface area contributed by atoms with Crippen molar-refractivity contribution in [2.45, 2.75) is 19.4 Å². The molecule has 1 saturated heterocycles. The van der Waals surface area contributed by atoms with Gasteiger partial charge in [0.15, 0.2) is 0 Å². The van der Waals surface area contributed by atoms with Crippen molar-refractivity contribution >= 4 is 5.91 Å². The summed E-state index contributed by atoms with van der Waals surface area (Å²) in [5.41, 5.74) is 2.68. The second-order valence-electron chi connectivity index (χ2n) is 5.18. The lowest BCUT2D eigenvalue weighted by Crippen LogP contribution is -2.36. The Morgan fingerprint density at radius 2 is 1.95 bits per heavy atom. The molecule has 1 amide bonds. The topological polar surface area (TPSA) is 73.9 Å². The second-order valence-corrected chi connectivity index (χ2v) is 5.18. The number of nitrogens with one attached hydrogen (secondary N) is 2. The van der Waals surface area contributed by atoms with E-state index in [4.69, 9.17) is 0 Å². The summed E-state index contributed by atoms with van der Waals surface area (Å²) in [6.45, 7) is 2.65. The molecule has 0 spiro atoms. The van der Waals surface area contributed by atoms with E-state index in [1.54, 1.807) is 0 Å². The first kappa shape index (κ1) is 13.8. The van der Waals surface area contributed by atoms with Crippen molar-refractivity contribution in [3.63, 3.8) is 0 Å². The SMILES string of the molecule is O=C(CNCc1n[nH]nc1-c1ccccc1)N1CCCC1. The fourth-order valence-corrected chi connectivity index (χ4v) is 2.57. The molecule has 1 aliphatic heterocycles. The van der Waals surface area contributed by atoms with Gasteiger partial charge in [0.25, 0.3) is 0 Å². The van der Waals surface area contributed by atoms with Crippen LogP contribution in [0.4, 0.5) is 0 Å². The van der Waals surface area contributed by atoms with Crippen LogP contribution in [0.25, 0.3) is 11.3 Å². The van der Waals surface area contributed by atoms with Gasteiger partial charge in [-0.05, 0) is 12.8 Å². The lowest BCUT2D eigenvalue weighted by atomic mass is 10.1. The number of hydrogen-bond donors (Lipinski definition) is 2. The molecule has 1 fully saturated rings. The van der Waals surface area contributed by atoms with Crippen molar-refractivity contribution < 1.29 is 4.79 Å². The second kappa shape index (κ2) is 6.49. The molecule has 0 atom stereocenters. The maximum absolute atomic E-state index is 11.9. The van der Waals surface area contributed by atoms with Gasteiger partial charge in [0.05, 0.1) is 6.54 Å². The molecule has 0 saturated carbocycles. The van der Waals surface area contributed by atoms with Crippen molar-refractivity contribution in [1.82, 2.24) is 25.6 Å². The number of carbonyl (C=O) groups is 1. The van der Waals surface area contributed by atoms with Crippen LogP contribution in [0.3, 0.4) is 0 Å². The third-order valence-corrected chi connectivity index (χ3v) is 3.69. The fraction of sp³-hybridized carbons (Fsp3) is 0.400. The van der Waals surface area contributed by atoms with Crippen molar-refractivity contribution in [3.8, 4) is 11.3 Å². The highest BCUT2D eigenvalue weighted by Crippen LogP contribution is 2.18. The van der Waals surface area contributed by atoms with E-state index >= 15 is 0 Å². The largest absolute Gasteiger partial charge is 0.342 e. The molecule has 21 heavy (non-hydrogen) atoms. The van der Waals surface area contributed by atoms with E-state index in [-0.39, 0.29) is 5.91 Å². The summed E-state index contributed by atoms with van der Waals surface area (Å²) in [6, 6.07) is 9.90. The van der Waals surface area contributed by atoms with Crippen molar-refractivity contribution in [2.75, 3.05) is 19.6 Å². The van der Waals surface area contributed by atoms with Gasteiger partial charge < -0.3 is 10.2 Å². The fourth-order valence-electron chi connectivity index (χ4n) is 2.57. The van der Waals surface area contributed by atoms with Crippen LogP contribution in [0, 0.1) is 0 Å². The van der Waals surface area contributed by atoms with Crippen LogP contribution in [0.2, 0.25) is 0 Å². The van der Waals surface area contributed by atoms with Gasteiger partial charge in [-0.3, -0.25) is 4.79 Å². The van der Waals surface area contributed by atoms with E-state index in [0.29, 0.717) is 13.1 Å². The summed E-state index contributed by atoms with van der Waals surface area (Å²) in [4.78, 5) is 13.9. The first-order valence-corrected chi connectivity index (χ1v) is 7.28. The Labute approximate surface area is 123 Å². The Kier molecular flexibility index (Phi) is 4.25. The summed E-state index contributed by atoms with van der Waals surface area (Å²) in [7, 11) is 0. The number of H-pyrrole nitrogens is 1. The average molecular weight is 285 g/mol. The van der Waals surface area contributed by atoms with Gasteiger partial charge in [-0.1, -0.05) is 30.3 Å². The molecule has 1 aliphatic rings. The third kappa shape index (κ3) is 3.28. The van der Waals surface area contributed by atoms with Crippen LogP contribution in [0.1, 0.15) is 18.5 Å². The lowest BCUT2D eigenvalue weighted by molar-refractivity contribution is -0.129. The lowest BCUT2D eigenvalue weighted by Gasteiger charge is -2.15. The molecule has 1 aromatic heterocycles. The van der Waals surface area contributed by atoms with E-state index < -0.39 is 0 Å². The summed E-state index contributed by atoms with van der Waals surface area (Å²) < 4.78 is 0. The monoisotopic (exact) mass is 285 g/mol. The predicted molar refractivity (Wildman–Crippen MR) is 79.3 cm³/mol. The molecule has 1 aromatic carbocycles. The summed E-state index contributed by atoms with van der Waals surface area (Å²) in [5.74, 6) is 0.164. The Bertz CT molecular complexity index is 589. The molecule has 6 heteroatoms. The highest BCUT2D eigenvalue weighted by molar-refractivity contribution is 5.78. The first-order valence-electron chi connectivity index (χ1n) is 7.28. The molecule has 110 valence electrons. The van der Waals surface area contributed by atoms with E-state index in [9.17, 15) is 4.79 Å². The number of carbonyl (C=O) groups excluding carboxylic acids is 1. The van der Waals surface area contributed by atoms with E-state index in [1.807, 2.05) is 35.2 Å². The molecule has 2 N–H and O–H groups in total. The zero-order chi connectivity index (χ0) is 14.5.